The third-order valence-electron chi connectivity index (χ3n) is 2.06. The number of rotatable bonds is 5. The van der Waals surface area contributed by atoms with E-state index in [0.29, 0.717) is 0 Å². The van der Waals surface area contributed by atoms with Crippen molar-refractivity contribution in [1.29, 1.82) is 0 Å². The Morgan fingerprint density at radius 1 is 1.12 bits per heavy atom. The first-order chi connectivity index (χ1) is 7.42. The van der Waals surface area contributed by atoms with Gasteiger partial charge in [0.2, 0.25) is 5.91 Å². The zero-order chi connectivity index (χ0) is 12.7. The third-order valence-corrected chi connectivity index (χ3v) is 2.06. The number of amides is 1. The lowest BCUT2D eigenvalue weighted by Gasteiger charge is -2.18. The van der Waals surface area contributed by atoms with E-state index in [-0.39, 0.29) is 12.3 Å². The van der Waals surface area contributed by atoms with Crippen LogP contribution < -0.4 is 5.32 Å². The highest BCUT2D eigenvalue weighted by Gasteiger charge is 2.26. The predicted molar refractivity (Wildman–Crippen MR) is 55.4 cm³/mol. The van der Waals surface area contributed by atoms with E-state index in [0.717, 1.165) is 0 Å². The number of ether oxygens (including phenoxy) is 2. The second-order valence-electron chi connectivity index (χ2n) is 3.44. The first-order valence-corrected chi connectivity index (χ1v) is 4.85. The maximum absolute atomic E-state index is 11.3. The zero-order valence-electron chi connectivity index (χ0n) is 9.90. The van der Waals surface area contributed by atoms with E-state index in [1.165, 1.54) is 21.1 Å². The molecule has 0 unspecified atom stereocenters. The van der Waals surface area contributed by atoms with Crippen LogP contribution in [0.25, 0.3) is 0 Å². The average Bonchev–Trinajstić information content (AvgIpc) is 2.25. The largest absolute Gasteiger partial charge is 0.469 e. The maximum atomic E-state index is 11.3. The van der Waals surface area contributed by atoms with Crippen molar-refractivity contribution in [1.82, 2.24) is 5.32 Å². The van der Waals surface area contributed by atoms with Gasteiger partial charge in [-0.3, -0.25) is 9.59 Å². The van der Waals surface area contributed by atoms with Crippen molar-refractivity contribution in [3.05, 3.63) is 0 Å². The number of methoxy groups -OCH3 is 2. The molecule has 0 radical (unpaired) electrons. The number of carbonyl (C=O) groups excluding carboxylic acids is 3. The highest BCUT2D eigenvalue weighted by molar-refractivity contribution is 5.84. The molecule has 0 bridgehead atoms. The quantitative estimate of drug-likeness (QED) is 0.666. The van der Waals surface area contributed by atoms with E-state index >= 15 is 0 Å². The Hall–Kier alpha value is -1.59. The minimum atomic E-state index is -0.823. The molecule has 1 amide bonds. The fourth-order valence-corrected chi connectivity index (χ4v) is 1.25. The molecule has 0 rings (SSSR count). The Morgan fingerprint density at radius 2 is 1.62 bits per heavy atom. The summed E-state index contributed by atoms with van der Waals surface area (Å²) in [5.74, 6) is -1.85. The first kappa shape index (κ1) is 14.4. The predicted octanol–water partition coefficient (Wildman–Crippen LogP) is -0.137. The van der Waals surface area contributed by atoms with Crippen LogP contribution in [-0.4, -0.2) is 38.1 Å². The first-order valence-electron chi connectivity index (χ1n) is 4.85. The fraction of sp³-hybridized carbons (Fsp3) is 0.700. The molecule has 0 aliphatic heterocycles. The number of nitrogens with one attached hydrogen (secondary N) is 1. The Labute approximate surface area is 94.3 Å². The summed E-state index contributed by atoms with van der Waals surface area (Å²) in [6.07, 6.45) is 0.152. The molecule has 0 aliphatic carbocycles. The van der Waals surface area contributed by atoms with Gasteiger partial charge in [-0.25, -0.2) is 4.79 Å². The molecular formula is C10H17NO5. The zero-order valence-corrected chi connectivity index (χ0v) is 9.90. The van der Waals surface area contributed by atoms with Gasteiger partial charge >= 0.3 is 11.9 Å². The molecule has 16 heavy (non-hydrogen) atoms. The minimum absolute atomic E-state index is 0.152. The molecule has 0 aromatic heterocycles. The van der Waals surface area contributed by atoms with Gasteiger partial charge in [0.05, 0.1) is 20.1 Å². The Morgan fingerprint density at radius 3 is 2.00 bits per heavy atom. The monoisotopic (exact) mass is 231 g/mol. The smallest absolute Gasteiger partial charge is 0.328 e. The Balaban J connectivity index is 4.47. The second kappa shape index (κ2) is 6.81. The van der Waals surface area contributed by atoms with Crippen LogP contribution in [0.3, 0.4) is 0 Å². The molecule has 2 atom stereocenters. The lowest BCUT2D eigenvalue weighted by molar-refractivity contribution is -0.148. The van der Waals surface area contributed by atoms with Crippen LogP contribution in [0.4, 0.5) is 0 Å². The Kier molecular flexibility index (Phi) is 6.14. The van der Waals surface area contributed by atoms with Crippen molar-refractivity contribution >= 4 is 17.8 Å². The molecule has 0 saturated heterocycles. The molecule has 0 heterocycles. The molecule has 6 nitrogen and oxygen atoms in total. The van der Waals surface area contributed by atoms with Crippen molar-refractivity contribution in [2.75, 3.05) is 14.2 Å². The highest BCUT2D eigenvalue weighted by Crippen LogP contribution is 2.09. The van der Waals surface area contributed by atoms with Crippen LogP contribution in [0.5, 0.6) is 0 Å². The van der Waals surface area contributed by atoms with Crippen LogP contribution in [0.1, 0.15) is 20.3 Å². The van der Waals surface area contributed by atoms with Gasteiger partial charge in [0.25, 0.3) is 0 Å². The van der Waals surface area contributed by atoms with Gasteiger partial charge in [-0.2, -0.15) is 0 Å². The van der Waals surface area contributed by atoms with Crippen LogP contribution in [0.2, 0.25) is 0 Å². The summed E-state index contributed by atoms with van der Waals surface area (Å²) >= 11 is 0. The molecule has 0 aromatic rings. The molecule has 0 spiro atoms. The van der Waals surface area contributed by atoms with Gasteiger partial charge in [-0.1, -0.05) is 6.92 Å². The van der Waals surface area contributed by atoms with Gasteiger partial charge in [0.15, 0.2) is 0 Å². The van der Waals surface area contributed by atoms with E-state index in [4.69, 9.17) is 0 Å². The SMILES string of the molecule is COC(=O)[C@H](C[C@H](C)C(=O)OC)NC(C)=O. The molecule has 92 valence electrons. The van der Waals surface area contributed by atoms with Crippen LogP contribution in [-0.2, 0) is 23.9 Å². The normalized spacial score (nSPS) is 13.5. The van der Waals surface area contributed by atoms with Crippen LogP contribution >= 0.6 is 0 Å². The lowest BCUT2D eigenvalue weighted by atomic mass is 10.0. The summed E-state index contributed by atoms with van der Waals surface area (Å²) in [6.45, 7) is 2.91. The summed E-state index contributed by atoms with van der Waals surface area (Å²) in [7, 11) is 2.49. The molecule has 0 saturated carbocycles. The lowest BCUT2D eigenvalue weighted by Crippen LogP contribution is -2.42. The summed E-state index contributed by atoms with van der Waals surface area (Å²) in [5.41, 5.74) is 0. The van der Waals surface area contributed by atoms with E-state index < -0.39 is 23.9 Å². The maximum Gasteiger partial charge on any atom is 0.328 e. The van der Waals surface area contributed by atoms with Crippen molar-refractivity contribution in [2.24, 2.45) is 5.92 Å². The summed E-state index contributed by atoms with van der Waals surface area (Å²) < 4.78 is 9.05. The molecular weight excluding hydrogens is 214 g/mol. The van der Waals surface area contributed by atoms with Crippen LogP contribution in [0.15, 0.2) is 0 Å². The van der Waals surface area contributed by atoms with Gasteiger partial charge in [0.1, 0.15) is 6.04 Å². The summed E-state index contributed by atoms with van der Waals surface area (Å²) in [6, 6.07) is -0.823. The van der Waals surface area contributed by atoms with Gasteiger partial charge in [-0.15, -0.1) is 0 Å². The van der Waals surface area contributed by atoms with Crippen molar-refractivity contribution in [3.8, 4) is 0 Å². The molecule has 0 aromatic carbocycles. The highest BCUT2D eigenvalue weighted by atomic mass is 16.5. The minimum Gasteiger partial charge on any atom is -0.469 e. The number of carbonyl (C=O) groups is 3. The van der Waals surface area contributed by atoms with Crippen molar-refractivity contribution in [3.63, 3.8) is 0 Å². The van der Waals surface area contributed by atoms with E-state index in [1.807, 2.05) is 0 Å². The van der Waals surface area contributed by atoms with Gasteiger partial charge in [0, 0.05) is 6.92 Å². The second-order valence-corrected chi connectivity index (χ2v) is 3.44. The van der Waals surface area contributed by atoms with E-state index in [1.54, 1.807) is 6.92 Å². The van der Waals surface area contributed by atoms with E-state index in [2.05, 4.69) is 14.8 Å². The topological polar surface area (TPSA) is 81.7 Å². The van der Waals surface area contributed by atoms with Crippen molar-refractivity contribution < 1.29 is 23.9 Å². The summed E-state index contributed by atoms with van der Waals surface area (Å²) in [5, 5.41) is 2.42. The van der Waals surface area contributed by atoms with Gasteiger partial charge in [-0.05, 0) is 6.42 Å². The third kappa shape index (κ3) is 4.77. The Bertz CT molecular complexity index is 276. The molecule has 0 fully saturated rings. The average molecular weight is 231 g/mol. The molecule has 0 aliphatic rings. The fourth-order valence-electron chi connectivity index (χ4n) is 1.25. The molecule has 6 heteroatoms. The number of hydrogen-bond donors (Lipinski definition) is 1. The molecule has 1 N–H and O–H groups in total. The number of esters is 2. The standard InChI is InChI=1S/C10H17NO5/c1-6(9(13)15-3)5-8(10(14)16-4)11-7(2)12/h6,8H,5H2,1-4H3,(H,11,12)/t6-,8-/m0/s1. The van der Waals surface area contributed by atoms with Crippen LogP contribution in [0, 0.1) is 5.92 Å². The summed E-state index contributed by atoms with van der Waals surface area (Å²) in [4.78, 5) is 33.3. The number of hydrogen-bond acceptors (Lipinski definition) is 5. The van der Waals surface area contributed by atoms with E-state index in [9.17, 15) is 14.4 Å². The van der Waals surface area contributed by atoms with Gasteiger partial charge < -0.3 is 14.8 Å². The van der Waals surface area contributed by atoms with Crippen molar-refractivity contribution in [2.45, 2.75) is 26.3 Å².